The number of nitrogens with one attached hydrogen (secondary N) is 1. The molecule has 0 amide bonds. The van der Waals surface area contributed by atoms with Gasteiger partial charge in [0.1, 0.15) is 0 Å². The highest BCUT2D eigenvalue weighted by atomic mass is 32.2. The lowest BCUT2D eigenvalue weighted by molar-refractivity contribution is 0.120. The van der Waals surface area contributed by atoms with E-state index in [1.54, 1.807) is 0 Å². The highest BCUT2D eigenvalue weighted by Crippen LogP contribution is 2.22. The summed E-state index contributed by atoms with van der Waals surface area (Å²) in [4.78, 5) is 2.44. The molecule has 2 unspecified atom stereocenters. The number of hydrogen-bond donors (Lipinski definition) is 1. The zero-order chi connectivity index (χ0) is 13.9. The number of hydrogen-bond acceptors (Lipinski definition) is 4. The summed E-state index contributed by atoms with van der Waals surface area (Å²) < 4.78 is 23.7. The van der Waals surface area contributed by atoms with Crippen molar-refractivity contribution in [3.63, 3.8) is 0 Å². The molecule has 0 aromatic carbocycles. The van der Waals surface area contributed by atoms with Gasteiger partial charge in [0.05, 0.1) is 11.5 Å². The van der Waals surface area contributed by atoms with Crippen molar-refractivity contribution in [2.45, 2.75) is 51.6 Å². The molecule has 0 aliphatic carbocycles. The smallest absolute Gasteiger partial charge is 0.151 e. The molecule has 2 aliphatic rings. The first-order valence-electron chi connectivity index (χ1n) is 7.65. The van der Waals surface area contributed by atoms with Gasteiger partial charge < -0.3 is 5.32 Å². The summed E-state index contributed by atoms with van der Waals surface area (Å²) in [5, 5.41) is 3.45. The minimum atomic E-state index is -2.81. The Kier molecular flexibility index (Phi) is 5.26. The van der Waals surface area contributed by atoms with Gasteiger partial charge in [-0.25, -0.2) is 8.42 Å². The van der Waals surface area contributed by atoms with Gasteiger partial charge in [-0.1, -0.05) is 0 Å². The number of nitrogens with zero attached hydrogens (tertiary/aromatic N) is 1. The molecule has 0 radical (unpaired) electrons. The molecule has 2 aliphatic heterocycles. The highest BCUT2D eigenvalue weighted by molar-refractivity contribution is 7.91. The van der Waals surface area contributed by atoms with Gasteiger partial charge >= 0.3 is 0 Å². The fourth-order valence-corrected chi connectivity index (χ4v) is 5.14. The summed E-state index contributed by atoms with van der Waals surface area (Å²) >= 11 is 0. The van der Waals surface area contributed by atoms with E-state index in [0.29, 0.717) is 23.5 Å². The fraction of sp³-hybridized carbons (Fsp3) is 1.00. The van der Waals surface area contributed by atoms with Gasteiger partial charge in [-0.3, -0.25) is 4.90 Å². The lowest BCUT2D eigenvalue weighted by Crippen LogP contribution is -2.50. The van der Waals surface area contributed by atoms with Crippen molar-refractivity contribution in [1.29, 1.82) is 0 Å². The van der Waals surface area contributed by atoms with Crippen LogP contribution < -0.4 is 5.32 Å². The van der Waals surface area contributed by atoms with Crippen molar-refractivity contribution in [1.82, 2.24) is 10.2 Å². The van der Waals surface area contributed by atoms with Crippen molar-refractivity contribution < 1.29 is 8.42 Å². The molecule has 4 nitrogen and oxygen atoms in total. The molecule has 0 saturated carbocycles. The SMILES string of the molecule is CC(C)N(CC1CCCNC1)C1CCCS(=O)(=O)C1. The van der Waals surface area contributed by atoms with Crippen molar-refractivity contribution >= 4 is 9.84 Å². The van der Waals surface area contributed by atoms with Crippen LogP contribution in [0.4, 0.5) is 0 Å². The van der Waals surface area contributed by atoms with Gasteiger partial charge in [0, 0.05) is 18.6 Å². The van der Waals surface area contributed by atoms with Gasteiger partial charge in [0.2, 0.25) is 0 Å². The van der Waals surface area contributed by atoms with E-state index in [9.17, 15) is 8.42 Å². The predicted molar refractivity (Wildman–Crippen MR) is 79.1 cm³/mol. The van der Waals surface area contributed by atoms with Crippen LogP contribution in [0.2, 0.25) is 0 Å². The Morgan fingerprint density at radius 3 is 2.63 bits per heavy atom. The Labute approximate surface area is 117 Å². The monoisotopic (exact) mass is 288 g/mol. The van der Waals surface area contributed by atoms with Crippen molar-refractivity contribution in [2.24, 2.45) is 5.92 Å². The summed E-state index contributed by atoms with van der Waals surface area (Å²) in [5.41, 5.74) is 0. The number of piperidine rings is 1. The molecule has 0 spiro atoms. The van der Waals surface area contributed by atoms with Crippen LogP contribution in [-0.2, 0) is 9.84 Å². The third kappa shape index (κ3) is 4.43. The largest absolute Gasteiger partial charge is 0.316 e. The number of rotatable bonds is 4. The van der Waals surface area contributed by atoms with Crippen LogP contribution in [0, 0.1) is 5.92 Å². The third-order valence-electron chi connectivity index (χ3n) is 4.44. The van der Waals surface area contributed by atoms with Crippen LogP contribution >= 0.6 is 0 Å². The van der Waals surface area contributed by atoms with Crippen LogP contribution in [0.5, 0.6) is 0 Å². The maximum atomic E-state index is 11.8. The van der Waals surface area contributed by atoms with E-state index in [1.807, 2.05) is 0 Å². The molecule has 19 heavy (non-hydrogen) atoms. The Morgan fingerprint density at radius 2 is 2.05 bits per heavy atom. The summed E-state index contributed by atoms with van der Waals surface area (Å²) in [6.07, 6.45) is 4.39. The van der Waals surface area contributed by atoms with E-state index >= 15 is 0 Å². The molecule has 2 saturated heterocycles. The van der Waals surface area contributed by atoms with E-state index in [-0.39, 0.29) is 6.04 Å². The van der Waals surface area contributed by atoms with Gasteiger partial charge in [-0.2, -0.15) is 0 Å². The first-order chi connectivity index (χ1) is 8.98. The molecule has 2 atom stereocenters. The van der Waals surface area contributed by atoms with Crippen LogP contribution in [0.3, 0.4) is 0 Å². The van der Waals surface area contributed by atoms with Gasteiger partial charge in [0.15, 0.2) is 9.84 Å². The van der Waals surface area contributed by atoms with E-state index in [1.165, 1.54) is 12.8 Å². The first-order valence-corrected chi connectivity index (χ1v) is 9.47. The van der Waals surface area contributed by atoms with Crippen LogP contribution in [-0.4, -0.2) is 56.5 Å². The zero-order valence-electron chi connectivity index (χ0n) is 12.3. The van der Waals surface area contributed by atoms with Crippen molar-refractivity contribution in [2.75, 3.05) is 31.1 Å². The minimum absolute atomic E-state index is 0.237. The standard InChI is InChI=1S/C14H28N2O2S/c1-12(2)16(10-13-5-3-7-15-9-13)14-6-4-8-19(17,18)11-14/h12-15H,3-11H2,1-2H3. The molecule has 2 heterocycles. The molecule has 2 rings (SSSR count). The van der Waals surface area contributed by atoms with E-state index in [2.05, 4.69) is 24.1 Å². The molecule has 0 bridgehead atoms. The van der Waals surface area contributed by atoms with Crippen molar-refractivity contribution in [3.05, 3.63) is 0 Å². The van der Waals surface area contributed by atoms with Gasteiger partial charge in [0.25, 0.3) is 0 Å². The van der Waals surface area contributed by atoms with Gasteiger partial charge in [-0.05, 0) is 58.5 Å². The molecular formula is C14H28N2O2S. The highest BCUT2D eigenvalue weighted by Gasteiger charge is 2.31. The second-order valence-electron chi connectivity index (χ2n) is 6.41. The average Bonchev–Trinajstić information content (AvgIpc) is 2.35. The molecule has 0 aromatic heterocycles. The quantitative estimate of drug-likeness (QED) is 0.846. The van der Waals surface area contributed by atoms with Crippen molar-refractivity contribution in [3.8, 4) is 0 Å². The minimum Gasteiger partial charge on any atom is -0.316 e. The molecule has 2 fully saturated rings. The topological polar surface area (TPSA) is 49.4 Å². The molecule has 112 valence electrons. The third-order valence-corrected chi connectivity index (χ3v) is 6.24. The fourth-order valence-electron chi connectivity index (χ4n) is 3.42. The first kappa shape index (κ1) is 15.3. The summed E-state index contributed by atoms with van der Waals surface area (Å²) in [6, 6.07) is 0.668. The Bertz CT molecular complexity index is 375. The van der Waals surface area contributed by atoms with Crippen LogP contribution in [0.25, 0.3) is 0 Å². The lowest BCUT2D eigenvalue weighted by Gasteiger charge is -2.40. The predicted octanol–water partition coefficient (Wildman–Crippen LogP) is 1.27. The summed E-state index contributed by atoms with van der Waals surface area (Å²) in [7, 11) is -2.81. The second-order valence-corrected chi connectivity index (χ2v) is 8.64. The van der Waals surface area contributed by atoms with Crippen LogP contribution in [0.15, 0.2) is 0 Å². The average molecular weight is 288 g/mol. The maximum absolute atomic E-state index is 11.8. The summed E-state index contributed by atoms with van der Waals surface area (Å²) in [6.45, 7) is 7.65. The Morgan fingerprint density at radius 1 is 1.26 bits per heavy atom. The normalized spacial score (nSPS) is 31.8. The zero-order valence-corrected chi connectivity index (χ0v) is 13.1. The van der Waals surface area contributed by atoms with Crippen LogP contribution in [0.1, 0.15) is 39.5 Å². The lowest BCUT2D eigenvalue weighted by atomic mass is 9.97. The number of sulfone groups is 1. The Balaban J connectivity index is 1.98. The maximum Gasteiger partial charge on any atom is 0.151 e. The van der Waals surface area contributed by atoms with E-state index < -0.39 is 9.84 Å². The summed E-state index contributed by atoms with van der Waals surface area (Å²) in [5.74, 6) is 1.44. The molecule has 5 heteroatoms. The molecular weight excluding hydrogens is 260 g/mol. The second kappa shape index (κ2) is 6.55. The van der Waals surface area contributed by atoms with Gasteiger partial charge in [-0.15, -0.1) is 0 Å². The Hall–Kier alpha value is -0.130. The van der Waals surface area contributed by atoms with E-state index in [4.69, 9.17) is 0 Å². The molecule has 0 aromatic rings. The van der Waals surface area contributed by atoms with E-state index in [0.717, 1.165) is 32.5 Å². The molecule has 1 N–H and O–H groups in total.